The highest BCUT2D eigenvalue weighted by Crippen LogP contribution is 2.55. The molecule has 6 rings (SSSR count). The first-order valence-electron chi connectivity index (χ1n) is 11.7. The van der Waals surface area contributed by atoms with Crippen LogP contribution in [-0.2, 0) is 6.54 Å². The fourth-order valence-electron chi connectivity index (χ4n) is 4.91. The van der Waals surface area contributed by atoms with Crippen molar-refractivity contribution < 1.29 is 24.5 Å². The van der Waals surface area contributed by atoms with E-state index in [-0.39, 0.29) is 29.1 Å². The number of carbonyl (C=O) groups is 2. The first kappa shape index (κ1) is 22.1. The number of ketones is 2. The maximum atomic E-state index is 12.7. The summed E-state index contributed by atoms with van der Waals surface area (Å²) in [4.78, 5) is 36.2. The second-order valence-electron chi connectivity index (χ2n) is 9.15. The molecule has 9 nitrogen and oxygen atoms in total. The van der Waals surface area contributed by atoms with Crippen molar-refractivity contribution in [3.05, 3.63) is 71.4 Å². The Labute approximate surface area is 207 Å². The van der Waals surface area contributed by atoms with Crippen molar-refractivity contribution >= 4 is 28.8 Å². The van der Waals surface area contributed by atoms with E-state index >= 15 is 0 Å². The summed E-state index contributed by atoms with van der Waals surface area (Å²) in [5.74, 6) is -0.807. The molecule has 2 aromatic carbocycles. The summed E-state index contributed by atoms with van der Waals surface area (Å²) in [6.45, 7) is 3.94. The quantitative estimate of drug-likeness (QED) is 0.528. The number of para-hydroxylation sites is 1. The van der Waals surface area contributed by atoms with Gasteiger partial charge in [0.25, 0.3) is 0 Å². The SMILES string of the molecule is CN1CCN(c2ccc(N3Cc4ccccc4Oc4c(O)c5c(c(O)c43)C(=O)C=CC5=O)cn2)CC1. The van der Waals surface area contributed by atoms with Crippen LogP contribution in [-0.4, -0.2) is 64.9 Å². The first-order chi connectivity index (χ1) is 17.4. The van der Waals surface area contributed by atoms with Crippen molar-refractivity contribution in [1.29, 1.82) is 0 Å². The van der Waals surface area contributed by atoms with Gasteiger partial charge >= 0.3 is 0 Å². The van der Waals surface area contributed by atoms with Crippen molar-refractivity contribution in [3.8, 4) is 23.0 Å². The molecule has 0 bridgehead atoms. The van der Waals surface area contributed by atoms with Crippen molar-refractivity contribution in [2.45, 2.75) is 6.54 Å². The Morgan fingerprint density at radius 2 is 1.58 bits per heavy atom. The Morgan fingerprint density at radius 1 is 0.889 bits per heavy atom. The third-order valence-corrected chi connectivity index (χ3v) is 6.91. The molecule has 182 valence electrons. The summed E-state index contributed by atoms with van der Waals surface area (Å²) < 4.78 is 6.07. The van der Waals surface area contributed by atoms with Crippen LogP contribution in [0.2, 0.25) is 0 Å². The number of likely N-dealkylation sites (N-methyl/N-ethyl adjacent to an activating group) is 1. The highest BCUT2D eigenvalue weighted by molar-refractivity contribution is 6.25. The smallest absolute Gasteiger partial charge is 0.197 e. The molecule has 9 heteroatoms. The summed E-state index contributed by atoms with van der Waals surface area (Å²) in [5.41, 5.74) is 1.04. The molecule has 0 unspecified atom stereocenters. The molecule has 3 heterocycles. The van der Waals surface area contributed by atoms with E-state index in [0.29, 0.717) is 11.4 Å². The van der Waals surface area contributed by atoms with Crippen LogP contribution in [0.1, 0.15) is 26.3 Å². The Morgan fingerprint density at radius 3 is 2.28 bits per heavy atom. The topological polar surface area (TPSA) is 106 Å². The minimum Gasteiger partial charge on any atom is -0.505 e. The number of hydrogen-bond donors (Lipinski definition) is 2. The van der Waals surface area contributed by atoms with E-state index in [1.807, 2.05) is 24.3 Å². The Balaban J connectivity index is 1.50. The summed E-state index contributed by atoms with van der Waals surface area (Å²) in [5, 5.41) is 22.5. The Bertz CT molecular complexity index is 1430. The number of phenols is 2. The van der Waals surface area contributed by atoms with Crippen molar-refractivity contribution in [1.82, 2.24) is 9.88 Å². The third-order valence-electron chi connectivity index (χ3n) is 6.91. The highest BCUT2D eigenvalue weighted by Gasteiger charge is 2.37. The van der Waals surface area contributed by atoms with Gasteiger partial charge in [-0.3, -0.25) is 9.59 Å². The Kier molecular flexibility index (Phi) is 5.15. The van der Waals surface area contributed by atoms with Gasteiger partial charge in [-0.2, -0.15) is 0 Å². The summed E-state index contributed by atoms with van der Waals surface area (Å²) >= 11 is 0. The van der Waals surface area contributed by atoms with Gasteiger partial charge in [0.1, 0.15) is 17.3 Å². The van der Waals surface area contributed by atoms with Crippen molar-refractivity contribution in [3.63, 3.8) is 0 Å². The van der Waals surface area contributed by atoms with Gasteiger partial charge in [0.15, 0.2) is 28.8 Å². The molecule has 36 heavy (non-hydrogen) atoms. The molecule has 2 N–H and O–H groups in total. The number of ether oxygens (including phenoxy) is 1. The third kappa shape index (κ3) is 3.47. The predicted octanol–water partition coefficient (Wildman–Crippen LogP) is 3.62. The number of piperazine rings is 1. The number of phenolic OH excluding ortho intramolecular Hbond substituents is 2. The van der Waals surface area contributed by atoms with Crippen LogP contribution in [0.25, 0.3) is 0 Å². The molecule has 1 saturated heterocycles. The average molecular weight is 485 g/mol. The highest BCUT2D eigenvalue weighted by atomic mass is 16.5. The van der Waals surface area contributed by atoms with Crippen molar-refractivity contribution in [2.24, 2.45) is 0 Å². The zero-order valence-electron chi connectivity index (χ0n) is 19.6. The molecule has 3 aliphatic rings. The minimum atomic E-state index is -0.578. The van der Waals surface area contributed by atoms with Crippen LogP contribution in [0.4, 0.5) is 17.2 Å². The van der Waals surface area contributed by atoms with E-state index in [1.165, 1.54) is 0 Å². The van der Waals surface area contributed by atoms with Crippen LogP contribution >= 0.6 is 0 Å². The van der Waals surface area contributed by atoms with Crippen molar-refractivity contribution in [2.75, 3.05) is 43.0 Å². The fraction of sp³-hybridized carbons (Fsp3) is 0.222. The average Bonchev–Trinajstić information content (AvgIpc) is 3.07. The lowest BCUT2D eigenvalue weighted by Crippen LogP contribution is -2.44. The number of nitrogens with zero attached hydrogens (tertiary/aromatic N) is 4. The number of aromatic nitrogens is 1. The lowest BCUT2D eigenvalue weighted by atomic mass is 9.91. The van der Waals surface area contributed by atoms with Gasteiger partial charge in [-0.05, 0) is 37.4 Å². The Hall–Kier alpha value is -4.37. The van der Waals surface area contributed by atoms with Crippen LogP contribution < -0.4 is 14.5 Å². The largest absolute Gasteiger partial charge is 0.505 e. The molecule has 0 saturated carbocycles. The number of fused-ring (bicyclic) bond motifs is 3. The molecule has 0 radical (unpaired) electrons. The van der Waals surface area contributed by atoms with E-state index in [1.54, 1.807) is 23.2 Å². The maximum Gasteiger partial charge on any atom is 0.197 e. The van der Waals surface area contributed by atoms with Gasteiger partial charge in [-0.1, -0.05) is 18.2 Å². The number of allylic oxidation sites excluding steroid dienone is 2. The monoisotopic (exact) mass is 484 g/mol. The number of pyridine rings is 1. The van der Waals surface area contributed by atoms with E-state index < -0.39 is 23.1 Å². The predicted molar refractivity (Wildman–Crippen MR) is 134 cm³/mol. The van der Waals surface area contributed by atoms with E-state index in [4.69, 9.17) is 4.74 Å². The fourth-order valence-corrected chi connectivity index (χ4v) is 4.91. The summed E-state index contributed by atoms with van der Waals surface area (Å²) in [6.07, 6.45) is 3.88. The first-order valence-corrected chi connectivity index (χ1v) is 11.7. The zero-order chi connectivity index (χ0) is 25.0. The van der Waals surface area contributed by atoms with Gasteiger partial charge in [0.05, 0.1) is 29.6 Å². The normalized spacial score (nSPS) is 17.2. The molecule has 0 spiro atoms. The molecular formula is C27H24N4O5. The van der Waals surface area contributed by atoms with Crippen LogP contribution in [0, 0.1) is 0 Å². The number of rotatable bonds is 2. The second-order valence-corrected chi connectivity index (χ2v) is 9.15. The molecule has 1 aromatic heterocycles. The molecular weight excluding hydrogens is 460 g/mol. The minimum absolute atomic E-state index is 0.0872. The van der Waals surface area contributed by atoms with E-state index in [2.05, 4.69) is 21.8 Å². The van der Waals surface area contributed by atoms with Crippen LogP contribution in [0.5, 0.6) is 23.0 Å². The van der Waals surface area contributed by atoms with Gasteiger partial charge in [0, 0.05) is 31.7 Å². The molecule has 3 aromatic rings. The lowest BCUT2D eigenvalue weighted by Gasteiger charge is -2.33. The molecule has 1 aliphatic carbocycles. The zero-order valence-corrected chi connectivity index (χ0v) is 19.6. The molecule has 1 fully saturated rings. The molecule has 0 amide bonds. The summed E-state index contributed by atoms with van der Waals surface area (Å²) in [6, 6.07) is 11.1. The second kappa shape index (κ2) is 8.39. The number of aromatic hydroxyl groups is 2. The number of anilines is 3. The van der Waals surface area contributed by atoms with Crippen LogP contribution in [0.3, 0.4) is 0 Å². The van der Waals surface area contributed by atoms with Gasteiger partial charge in [-0.15, -0.1) is 0 Å². The summed E-state index contributed by atoms with van der Waals surface area (Å²) in [7, 11) is 2.10. The number of benzene rings is 2. The molecule has 0 atom stereocenters. The van der Waals surface area contributed by atoms with Gasteiger partial charge in [0.2, 0.25) is 0 Å². The van der Waals surface area contributed by atoms with Gasteiger partial charge in [-0.25, -0.2) is 4.98 Å². The van der Waals surface area contributed by atoms with Crippen LogP contribution in [0.15, 0.2) is 54.7 Å². The maximum absolute atomic E-state index is 12.7. The van der Waals surface area contributed by atoms with E-state index in [0.717, 1.165) is 49.7 Å². The lowest BCUT2D eigenvalue weighted by molar-refractivity contribution is 0.0989. The van der Waals surface area contributed by atoms with Gasteiger partial charge < -0.3 is 29.6 Å². The number of hydrogen-bond acceptors (Lipinski definition) is 9. The molecule has 2 aliphatic heterocycles. The van der Waals surface area contributed by atoms with E-state index in [9.17, 15) is 19.8 Å². The standard InChI is InChI=1S/C27H24N4O5/c1-29-10-12-30(13-11-29)21-9-6-17(14-28-21)31-15-16-4-2-3-5-20(16)36-27-24(31)25(34)22-18(32)7-8-19(33)23(22)26(27)35/h2-9,14,34-35H,10-13,15H2,1H3. The number of carbonyl (C=O) groups excluding carboxylic acids is 2.